The highest BCUT2D eigenvalue weighted by Crippen LogP contribution is 1.96. The third-order valence-electron chi connectivity index (χ3n) is 1.20. The Kier molecular flexibility index (Phi) is 4.59. The van der Waals surface area contributed by atoms with Crippen molar-refractivity contribution in [2.75, 3.05) is 6.61 Å². The minimum atomic E-state index is 0.126. The lowest BCUT2D eigenvalue weighted by Crippen LogP contribution is -1.81. The number of rotatable bonds is 3. The van der Waals surface area contributed by atoms with Gasteiger partial charge in [0.2, 0.25) is 0 Å². The smallest absolute Gasteiger partial charge is 0.0642 e. The van der Waals surface area contributed by atoms with Crippen LogP contribution in [-0.4, -0.2) is 11.7 Å². The Morgan fingerprint density at radius 2 is 2.00 bits per heavy atom. The zero-order chi connectivity index (χ0) is 7.98. The van der Waals surface area contributed by atoms with Gasteiger partial charge in [0.15, 0.2) is 0 Å². The molecule has 0 bridgehead atoms. The summed E-state index contributed by atoms with van der Waals surface area (Å²) in [6.07, 6.45) is 5.59. The van der Waals surface area contributed by atoms with E-state index in [1.165, 1.54) is 0 Å². The van der Waals surface area contributed by atoms with Gasteiger partial charge in [-0.05, 0) is 19.4 Å². The van der Waals surface area contributed by atoms with E-state index in [1.54, 1.807) is 6.08 Å². The fourth-order valence-electron chi connectivity index (χ4n) is 0.394. The van der Waals surface area contributed by atoms with Crippen molar-refractivity contribution < 1.29 is 5.11 Å². The lowest BCUT2D eigenvalue weighted by atomic mass is 10.2. The first-order chi connectivity index (χ1) is 4.70. The highest BCUT2D eigenvalue weighted by atomic mass is 16.3. The number of hydrogen-bond acceptors (Lipinski definition) is 1. The molecule has 0 aromatic rings. The summed E-state index contributed by atoms with van der Waals surface area (Å²) in [6, 6.07) is 0. The van der Waals surface area contributed by atoms with Gasteiger partial charge in [0, 0.05) is 0 Å². The minimum absolute atomic E-state index is 0.126. The molecule has 0 aliphatic carbocycles. The highest BCUT2D eigenvalue weighted by molar-refractivity contribution is 5.22. The van der Waals surface area contributed by atoms with Gasteiger partial charge in [-0.15, -0.1) is 0 Å². The molecule has 0 amide bonds. The van der Waals surface area contributed by atoms with Crippen LogP contribution in [-0.2, 0) is 0 Å². The van der Waals surface area contributed by atoms with E-state index in [0.29, 0.717) is 0 Å². The van der Waals surface area contributed by atoms with E-state index in [4.69, 9.17) is 5.11 Å². The molecule has 0 unspecified atom stereocenters. The summed E-state index contributed by atoms with van der Waals surface area (Å²) in [5.74, 6) is 0. The Morgan fingerprint density at radius 1 is 1.40 bits per heavy atom. The molecule has 0 aliphatic rings. The lowest BCUT2D eigenvalue weighted by molar-refractivity contribution is 0.331. The predicted octanol–water partition coefficient (Wildman–Crippen LogP) is 2.06. The number of hydrogen-bond donors (Lipinski definition) is 1. The van der Waals surface area contributed by atoms with Crippen LogP contribution < -0.4 is 0 Å². The van der Waals surface area contributed by atoms with Gasteiger partial charge in [0.25, 0.3) is 0 Å². The van der Waals surface area contributed by atoms with Crippen molar-refractivity contribution >= 4 is 0 Å². The summed E-state index contributed by atoms with van der Waals surface area (Å²) < 4.78 is 0. The molecular weight excluding hydrogens is 124 g/mol. The second-order valence-electron chi connectivity index (χ2n) is 2.29. The fraction of sp³-hybridized carbons (Fsp3) is 0.333. The molecule has 0 rings (SSSR count). The van der Waals surface area contributed by atoms with Crippen LogP contribution in [0.2, 0.25) is 0 Å². The van der Waals surface area contributed by atoms with Crippen molar-refractivity contribution in [3.05, 3.63) is 36.0 Å². The van der Waals surface area contributed by atoms with E-state index in [1.807, 2.05) is 26.0 Å². The molecule has 0 aromatic carbocycles. The Bertz CT molecular complexity index is 164. The van der Waals surface area contributed by atoms with Crippen LogP contribution in [0, 0.1) is 0 Å². The van der Waals surface area contributed by atoms with Crippen LogP contribution in [0.15, 0.2) is 36.0 Å². The normalized spacial score (nSPS) is 13.5. The molecule has 10 heavy (non-hydrogen) atoms. The molecule has 0 radical (unpaired) electrons. The first kappa shape index (κ1) is 9.18. The highest BCUT2D eigenvalue weighted by Gasteiger charge is 1.80. The molecule has 1 N–H and O–H groups in total. The lowest BCUT2D eigenvalue weighted by Gasteiger charge is -1.90. The third kappa shape index (κ3) is 4.10. The van der Waals surface area contributed by atoms with Crippen LogP contribution in [0.25, 0.3) is 0 Å². The summed E-state index contributed by atoms with van der Waals surface area (Å²) in [5, 5.41) is 8.60. The van der Waals surface area contributed by atoms with E-state index in [0.717, 1.165) is 11.1 Å². The van der Waals surface area contributed by atoms with Gasteiger partial charge in [-0.3, -0.25) is 0 Å². The summed E-state index contributed by atoms with van der Waals surface area (Å²) >= 11 is 0. The maximum absolute atomic E-state index is 8.60. The van der Waals surface area contributed by atoms with Gasteiger partial charge in [-0.25, -0.2) is 0 Å². The van der Waals surface area contributed by atoms with Crippen molar-refractivity contribution in [2.45, 2.75) is 13.8 Å². The van der Waals surface area contributed by atoms with E-state index in [2.05, 4.69) is 6.58 Å². The molecule has 0 spiro atoms. The summed E-state index contributed by atoms with van der Waals surface area (Å²) in [4.78, 5) is 0. The van der Waals surface area contributed by atoms with Crippen molar-refractivity contribution in [3.8, 4) is 0 Å². The van der Waals surface area contributed by atoms with E-state index < -0.39 is 0 Å². The maximum Gasteiger partial charge on any atom is 0.0642 e. The summed E-state index contributed by atoms with van der Waals surface area (Å²) in [7, 11) is 0. The van der Waals surface area contributed by atoms with Crippen LogP contribution in [0.4, 0.5) is 0 Å². The van der Waals surface area contributed by atoms with Gasteiger partial charge in [-0.2, -0.15) is 0 Å². The SMILES string of the molecule is C=CC(C)=CC=C(C)CO. The van der Waals surface area contributed by atoms with E-state index in [-0.39, 0.29) is 6.61 Å². The molecule has 0 atom stereocenters. The topological polar surface area (TPSA) is 20.2 Å². The average molecular weight is 138 g/mol. The Balaban J connectivity index is 4.03. The van der Waals surface area contributed by atoms with Gasteiger partial charge in [0.1, 0.15) is 0 Å². The van der Waals surface area contributed by atoms with E-state index in [9.17, 15) is 0 Å². The number of allylic oxidation sites excluding steroid dienone is 4. The van der Waals surface area contributed by atoms with Gasteiger partial charge in [-0.1, -0.05) is 30.4 Å². The molecule has 1 nitrogen and oxygen atoms in total. The molecule has 0 fully saturated rings. The Hall–Kier alpha value is -0.820. The Labute approximate surface area is 62.4 Å². The van der Waals surface area contributed by atoms with Crippen molar-refractivity contribution in [3.63, 3.8) is 0 Å². The van der Waals surface area contributed by atoms with Crippen molar-refractivity contribution in [1.82, 2.24) is 0 Å². The van der Waals surface area contributed by atoms with Gasteiger partial charge in [0.05, 0.1) is 6.61 Å². The van der Waals surface area contributed by atoms with Crippen molar-refractivity contribution in [2.24, 2.45) is 0 Å². The standard InChI is InChI=1S/C9H14O/c1-4-8(2)5-6-9(3)7-10/h4-6,10H,1,7H2,2-3H3. The second-order valence-corrected chi connectivity index (χ2v) is 2.29. The first-order valence-corrected chi connectivity index (χ1v) is 3.28. The molecule has 0 saturated carbocycles. The van der Waals surface area contributed by atoms with Gasteiger partial charge < -0.3 is 5.11 Å². The molecule has 0 aliphatic heterocycles. The monoisotopic (exact) mass is 138 g/mol. The van der Waals surface area contributed by atoms with Crippen LogP contribution >= 0.6 is 0 Å². The summed E-state index contributed by atoms with van der Waals surface area (Å²) in [5.41, 5.74) is 2.06. The molecular formula is C9H14O. The van der Waals surface area contributed by atoms with Gasteiger partial charge >= 0.3 is 0 Å². The predicted molar refractivity (Wildman–Crippen MR) is 44.8 cm³/mol. The maximum atomic E-state index is 8.60. The fourth-order valence-corrected chi connectivity index (χ4v) is 0.394. The first-order valence-electron chi connectivity index (χ1n) is 3.28. The zero-order valence-electron chi connectivity index (χ0n) is 6.59. The molecule has 0 saturated heterocycles. The van der Waals surface area contributed by atoms with Crippen LogP contribution in [0.5, 0.6) is 0 Å². The van der Waals surface area contributed by atoms with Crippen LogP contribution in [0.3, 0.4) is 0 Å². The van der Waals surface area contributed by atoms with E-state index >= 15 is 0 Å². The third-order valence-corrected chi connectivity index (χ3v) is 1.20. The van der Waals surface area contributed by atoms with Crippen LogP contribution in [0.1, 0.15) is 13.8 Å². The van der Waals surface area contributed by atoms with Crippen molar-refractivity contribution in [1.29, 1.82) is 0 Å². The quantitative estimate of drug-likeness (QED) is 0.592. The molecule has 0 aromatic heterocycles. The molecule has 1 heteroatoms. The second kappa shape index (κ2) is 5.00. The molecule has 0 heterocycles. The largest absolute Gasteiger partial charge is 0.392 e. The number of aliphatic hydroxyl groups excluding tert-OH is 1. The molecule has 56 valence electrons. The Morgan fingerprint density at radius 3 is 2.40 bits per heavy atom. The summed E-state index contributed by atoms with van der Waals surface area (Å²) in [6.45, 7) is 7.58. The average Bonchev–Trinajstić information content (AvgIpc) is 1.99. The minimum Gasteiger partial charge on any atom is -0.392 e. The number of aliphatic hydroxyl groups is 1. The zero-order valence-corrected chi connectivity index (χ0v) is 6.59.